The van der Waals surface area contributed by atoms with Gasteiger partial charge in [-0.15, -0.1) is 11.3 Å². The quantitative estimate of drug-likeness (QED) is 0.648. The summed E-state index contributed by atoms with van der Waals surface area (Å²) in [5, 5.41) is 3.05. The number of carbonyl (C=O) groups excluding carboxylic acids is 3. The molecule has 0 unspecified atom stereocenters. The lowest BCUT2D eigenvalue weighted by Crippen LogP contribution is -2.21. The van der Waals surface area contributed by atoms with Crippen molar-refractivity contribution in [3.8, 4) is 0 Å². The zero-order valence-electron chi connectivity index (χ0n) is 16.9. The minimum absolute atomic E-state index is 0.189. The zero-order chi connectivity index (χ0) is 21.3. The molecule has 0 aliphatic rings. The molecule has 0 aliphatic heterocycles. The van der Waals surface area contributed by atoms with Gasteiger partial charge in [0.05, 0.1) is 22.7 Å². The molecule has 0 bridgehead atoms. The van der Waals surface area contributed by atoms with Crippen molar-refractivity contribution in [2.24, 2.45) is 0 Å². The smallest absolute Gasteiger partial charge is 0.341 e. The molecule has 0 saturated heterocycles. The fraction of sp³-hybridized carbons (Fsp3) is 0.300. The number of carbonyl (C=O) groups is 3. The van der Waals surface area contributed by atoms with Gasteiger partial charge in [0.25, 0.3) is 11.8 Å². The van der Waals surface area contributed by atoms with Crippen LogP contribution >= 0.6 is 11.3 Å². The summed E-state index contributed by atoms with van der Waals surface area (Å²) in [7, 11) is 3.26. The van der Waals surface area contributed by atoms with Gasteiger partial charge < -0.3 is 19.4 Å². The van der Waals surface area contributed by atoms with Gasteiger partial charge in [-0.3, -0.25) is 9.59 Å². The van der Waals surface area contributed by atoms with E-state index >= 15 is 0 Å². The molecule has 2 amide bonds. The van der Waals surface area contributed by atoms with Crippen molar-refractivity contribution < 1.29 is 19.1 Å². The van der Waals surface area contributed by atoms with Gasteiger partial charge in [-0.05, 0) is 38.5 Å². The minimum atomic E-state index is -0.575. The molecule has 0 aliphatic carbocycles. The molecule has 0 aromatic carbocycles. The number of nitrogens with zero attached hydrogens (tertiary/aromatic N) is 3. The van der Waals surface area contributed by atoms with E-state index in [1.54, 1.807) is 46.3 Å². The Labute approximate surface area is 172 Å². The van der Waals surface area contributed by atoms with Crippen molar-refractivity contribution in [2.45, 2.75) is 20.8 Å². The summed E-state index contributed by atoms with van der Waals surface area (Å²) in [6.07, 6.45) is 3.61. The lowest BCUT2D eigenvalue weighted by molar-refractivity contribution is 0.0527. The van der Waals surface area contributed by atoms with Crippen LogP contribution in [0, 0.1) is 13.8 Å². The molecule has 3 rings (SSSR count). The Kier molecular flexibility index (Phi) is 5.69. The van der Waals surface area contributed by atoms with Gasteiger partial charge in [0, 0.05) is 32.1 Å². The van der Waals surface area contributed by atoms with E-state index < -0.39 is 11.9 Å². The number of ether oxygens (including phenoxy) is 1. The highest BCUT2D eigenvalue weighted by atomic mass is 32.1. The predicted octanol–water partition coefficient (Wildman–Crippen LogP) is 3.14. The number of fused-ring (bicyclic) bond motifs is 1. The van der Waals surface area contributed by atoms with E-state index in [0.717, 1.165) is 17.0 Å². The summed E-state index contributed by atoms with van der Waals surface area (Å²) in [5.74, 6) is -1.22. The standard InChI is InChI=1S/C20H22N4O4S/c1-6-28-20(27)15-12(3)16(19(26)23(4)5)29-18(15)22-17(25)13-7-8-24-10-11(2)21-14(24)9-13/h7-10H,6H2,1-5H3,(H,22,25). The molecule has 0 radical (unpaired) electrons. The van der Waals surface area contributed by atoms with E-state index in [-0.39, 0.29) is 23.1 Å². The molecule has 29 heavy (non-hydrogen) atoms. The van der Waals surface area contributed by atoms with Crippen LogP contribution in [0.25, 0.3) is 5.65 Å². The second-order valence-electron chi connectivity index (χ2n) is 6.70. The number of anilines is 1. The molecule has 3 aromatic heterocycles. The van der Waals surface area contributed by atoms with E-state index in [2.05, 4.69) is 10.3 Å². The van der Waals surface area contributed by atoms with Crippen LogP contribution in [0.3, 0.4) is 0 Å². The third kappa shape index (κ3) is 4.00. The van der Waals surface area contributed by atoms with Crippen molar-refractivity contribution in [1.82, 2.24) is 14.3 Å². The third-order valence-electron chi connectivity index (χ3n) is 4.30. The molecule has 0 atom stereocenters. The Morgan fingerprint density at radius 3 is 2.66 bits per heavy atom. The van der Waals surface area contributed by atoms with Gasteiger partial charge in [-0.1, -0.05) is 0 Å². The van der Waals surface area contributed by atoms with Crippen molar-refractivity contribution in [2.75, 3.05) is 26.0 Å². The van der Waals surface area contributed by atoms with Crippen LogP contribution in [-0.2, 0) is 4.74 Å². The fourth-order valence-electron chi connectivity index (χ4n) is 2.88. The van der Waals surface area contributed by atoms with Crippen LogP contribution in [0.15, 0.2) is 24.5 Å². The van der Waals surface area contributed by atoms with Crippen LogP contribution in [-0.4, -0.2) is 52.8 Å². The van der Waals surface area contributed by atoms with Gasteiger partial charge >= 0.3 is 5.97 Å². The molecule has 9 heteroatoms. The highest BCUT2D eigenvalue weighted by molar-refractivity contribution is 7.18. The first-order valence-electron chi connectivity index (χ1n) is 9.01. The first-order chi connectivity index (χ1) is 13.7. The Hall–Kier alpha value is -3.20. The zero-order valence-corrected chi connectivity index (χ0v) is 17.7. The molecule has 0 fully saturated rings. The average molecular weight is 414 g/mol. The fourth-order valence-corrected chi connectivity index (χ4v) is 4.09. The average Bonchev–Trinajstić information content (AvgIpc) is 3.19. The second-order valence-corrected chi connectivity index (χ2v) is 7.72. The summed E-state index contributed by atoms with van der Waals surface area (Å²) in [6, 6.07) is 3.33. The number of aryl methyl sites for hydroxylation is 1. The number of hydrogen-bond acceptors (Lipinski definition) is 6. The van der Waals surface area contributed by atoms with E-state index in [1.807, 2.05) is 17.5 Å². The number of nitrogens with one attached hydrogen (secondary N) is 1. The lowest BCUT2D eigenvalue weighted by Gasteiger charge is -2.09. The number of rotatable bonds is 5. The first-order valence-corrected chi connectivity index (χ1v) is 9.83. The maximum Gasteiger partial charge on any atom is 0.341 e. The largest absolute Gasteiger partial charge is 0.462 e. The Morgan fingerprint density at radius 1 is 1.28 bits per heavy atom. The number of thiophene rings is 1. The van der Waals surface area contributed by atoms with Crippen LogP contribution < -0.4 is 5.32 Å². The van der Waals surface area contributed by atoms with Crippen LogP contribution in [0.1, 0.15) is 48.6 Å². The van der Waals surface area contributed by atoms with Gasteiger partial charge in [0.1, 0.15) is 10.6 Å². The molecule has 0 saturated carbocycles. The van der Waals surface area contributed by atoms with Crippen molar-refractivity contribution in [3.63, 3.8) is 0 Å². The number of aromatic nitrogens is 2. The van der Waals surface area contributed by atoms with Crippen molar-refractivity contribution >= 4 is 39.8 Å². The molecule has 3 heterocycles. The third-order valence-corrected chi connectivity index (χ3v) is 5.49. The minimum Gasteiger partial charge on any atom is -0.462 e. The van der Waals surface area contributed by atoms with Gasteiger partial charge in [-0.2, -0.15) is 0 Å². The van der Waals surface area contributed by atoms with Crippen LogP contribution in [0.5, 0.6) is 0 Å². The maximum absolute atomic E-state index is 12.8. The number of hydrogen-bond donors (Lipinski definition) is 1. The Balaban J connectivity index is 1.99. The van der Waals surface area contributed by atoms with E-state index in [1.165, 1.54) is 4.90 Å². The van der Waals surface area contributed by atoms with Crippen LogP contribution in [0.4, 0.5) is 5.00 Å². The lowest BCUT2D eigenvalue weighted by atomic mass is 10.1. The highest BCUT2D eigenvalue weighted by Gasteiger charge is 2.27. The summed E-state index contributed by atoms with van der Waals surface area (Å²) in [4.78, 5) is 44.0. The highest BCUT2D eigenvalue weighted by Crippen LogP contribution is 2.34. The SMILES string of the molecule is CCOC(=O)c1c(NC(=O)c2ccn3cc(C)nc3c2)sc(C(=O)N(C)C)c1C. The van der Waals surface area contributed by atoms with Gasteiger partial charge in [-0.25, -0.2) is 9.78 Å². The Bertz CT molecular complexity index is 1110. The number of amides is 2. The van der Waals surface area contributed by atoms with E-state index in [4.69, 9.17) is 4.74 Å². The Morgan fingerprint density at radius 2 is 2.00 bits per heavy atom. The topological polar surface area (TPSA) is 93.0 Å². The summed E-state index contributed by atoms with van der Waals surface area (Å²) >= 11 is 1.06. The molecule has 152 valence electrons. The van der Waals surface area contributed by atoms with Crippen LogP contribution in [0.2, 0.25) is 0 Å². The molecular formula is C20H22N4O4S. The number of pyridine rings is 1. The van der Waals surface area contributed by atoms with E-state index in [9.17, 15) is 14.4 Å². The number of imidazole rings is 1. The number of esters is 1. The molecule has 1 N–H and O–H groups in total. The summed E-state index contributed by atoms with van der Waals surface area (Å²) in [6.45, 7) is 5.43. The monoisotopic (exact) mass is 414 g/mol. The van der Waals surface area contributed by atoms with Gasteiger partial charge in [0.2, 0.25) is 0 Å². The second kappa shape index (κ2) is 8.04. The predicted molar refractivity (Wildman–Crippen MR) is 111 cm³/mol. The molecular weight excluding hydrogens is 392 g/mol. The summed E-state index contributed by atoms with van der Waals surface area (Å²) < 4.78 is 6.95. The molecule has 0 spiro atoms. The van der Waals surface area contributed by atoms with E-state index in [0.29, 0.717) is 21.7 Å². The molecule has 8 nitrogen and oxygen atoms in total. The maximum atomic E-state index is 12.8. The van der Waals surface area contributed by atoms with Crippen molar-refractivity contribution in [3.05, 3.63) is 51.8 Å². The normalized spacial score (nSPS) is 10.8. The summed E-state index contributed by atoms with van der Waals surface area (Å²) in [5.41, 5.74) is 2.57. The van der Waals surface area contributed by atoms with Crippen molar-refractivity contribution in [1.29, 1.82) is 0 Å². The first kappa shape index (κ1) is 20.5. The van der Waals surface area contributed by atoms with Gasteiger partial charge in [0.15, 0.2) is 0 Å². The molecule has 3 aromatic rings.